The smallest absolute Gasteiger partial charge is 0.166 e. The van der Waals surface area contributed by atoms with Gasteiger partial charge in [0.15, 0.2) is 11.6 Å². The molecule has 1 rings (SSSR count). The molecule has 5 heteroatoms. The van der Waals surface area contributed by atoms with Gasteiger partial charge in [0.1, 0.15) is 0 Å². The number of nitrogens with zero attached hydrogens (tertiary/aromatic N) is 1. The Kier molecular flexibility index (Phi) is 5.57. The van der Waals surface area contributed by atoms with Crippen LogP contribution in [0, 0.1) is 5.82 Å². The number of pyridine rings is 1. The molecular formula is C10H15BrFN3. The van der Waals surface area contributed by atoms with Crippen molar-refractivity contribution >= 4 is 21.7 Å². The molecule has 0 radical (unpaired) electrons. The van der Waals surface area contributed by atoms with E-state index in [1.165, 1.54) is 6.07 Å². The maximum Gasteiger partial charge on any atom is 0.166 e. The van der Waals surface area contributed by atoms with Gasteiger partial charge in [0, 0.05) is 17.2 Å². The number of unbranched alkanes of at least 4 members (excludes halogenated alkanes) is 2. The molecule has 1 aromatic rings. The van der Waals surface area contributed by atoms with E-state index in [9.17, 15) is 4.39 Å². The molecule has 0 aliphatic carbocycles. The molecule has 15 heavy (non-hydrogen) atoms. The topological polar surface area (TPSA) is 50.9 Å². The standard InChI is InChI=1S/C10H15BrFN3/c11-8-6-9(12)10(15-7-8)14-5-3-1-2-4-13/h6-7H,1-5,13H2,(H,14,15). The number of halogens is 2. The molecule has 0 aromatic carbocycles. The van der Waals surface area contributed by atoms with E-state index < -0.39 is 0 Å². The van der Waals surface area contributed by atoms with Crippen LogP contribution in [0.4, 0.5) is 10.2 Å². The molecule has 0 unspecified atom stereocenters. The summed E-state index contributed by atoms with van der Waals surface area (Å²) in [5, 5.41) is 2.95. The summed E-state index contributed by atoms with van der Waals surface area (Å²) in [6.07, 6.45) is 4.62. The average molecular weight is 276 g/mol. The lowest BCUT2D eigenvalue weighted by Gasteiger charge is -2.06. The number of nitrogens with one attached hydrogen (secondary N) is 1. The third kappa shape index (κ3) is 4.57. The van der Waals surface area contributed by atoms with Crippen molar-refractivity contribution in [1.29, 1.82) is 0 Å². The van der Waals surface area contributed by atoms with Crippen LogP contribution >= 0.6 is 15.9 Å². The second-order valence-corrected chi connectivity index (χ2v) is 4.18. The molecule has 0 aliphatic heterocycles. The lowest BCUT2D eigenvalue weighted by atomic mass is 10.2. The zero-order valence-electron chi connectivity index (χ0n) is 8.47. The highest BCUT2D eigenvalue weighted by Gasteiger charge is 2.02. The fourth-order valence-electron chi connectivity index (χ4n) is 1.20. The van der Waals surface area contributed by atoms with Crippen molar-refractivity contribution < 1.29 is 4.39 Å². The second-order valence-electron chi connectivity index (χ2n) is 3.26. The van der Waals surface area contributed by atoms with Gasteiger partial charge in [0.05, 0.1) is 0 Å². The summed E-state index contributed by atoms with van der Waals surface area (Å²) in [6, 6.07) is 1.40. The van der Waals surface area contributed by atoms with Crippen LogP contribution in [-0.2, 0) is 0 Å². The summed E-state index contributed by atoms with van der Waals surface area (Å²) >= 11 is 3.15. The zero-order chi connectivity index (χ0) is 11.1. The highest BCUT2D eigenvalue weighted by molar-refractivity contribution is 9.10. The molecule has 1 aromatic heterocycles. The fraction of sp³-hybridized carbons (Fsp3) is 0.500. The first kappa shape index (κ1) is 12.4. The summed E-state index contributed by atoms with van der Waals surface area (Å²) in [5.74, 6) is -0.0193. The van der Waals surface area contributed by atoms with Gasteiger partial charge in [-0.05, 0) is 41.4 Å². The third-order valence-corrected chi connectivity index (χ3v) is 2.41. The lowest BCUT2D eigenvalue weighted by molar-refractivity contribution is 0.621. The molecule has 0 saturated heterocycles. The van der Waals surface area contributed by atoms with Crippen LogP contribution in [0.25, 0.3) is 0 Å². The monoisotopic (exact) mass is 275 g/mol. The van der Waals surface area contributed by atoms with Crippen LogP contribution in [0.2, 0.25) is 0 Å². The first-order chi connectivity index (χ1) is 7.24. The van der Waals surface area contributed by atoms with E-state index in [0.29, 0.717) is 16.8 Å². The van der Waals surface area contributed by atoms with Crippen LogP contribution in [0.3, 0.4) is 0 Å². The quantitative estimate of drug-likeness (QED) is 0.785. The van der Waals surface area contributed by atoms with Gasteiger partial charge in [-0.1, -0.05) is 6.42 Å². The van der Waals surface area contributed by atoms with E-state index >= 15 is 0 Å². The number of hydrogen-bond donors (Lipinski definition) is 2. The molecule has 0 aliphatic rings. The van der Waals surface area contributed by atoms with E-state index in [1.54, 1.807) is 6.20 Å². The minimum atomic E-state index is -0.330. The molecule has 3 nitrogen and oxygen atoms in total. The second kappa shape index (κ2) is 6.74. The average Bonchev–Trinajstić information content (AvgIpc) is 2.20. The van der Waals surface area contributed by atoms with E-state index in [1.807, 2.05) is 0 Å². The van der Waals surface area contributed by atoms with Crippen LogP contribution in [0.5, 0.6) is 0 Å². The summed E-state index contributed by atoms with van der Waals surface area (Å²) in [5.41, 5.74) is 5.36. The normalized spacial score (nSPS) is 10.3. The Hall–Kier alpha value is -0.680. The van der Waals surface area contributed by atoms with Crippen molar-refractivity contribution in [2.75, 3.05) is 18.4 Å². The maximum absolute atomic E-state index is 13.3. The first-order valence-electron chi connectivity index (χ1n) is 4.99. The van der Waals surface area contributed by atoms with Gasteiger partial charge >= 0.3 is 0 Å². The van der Waals surface area contributed by atoms with Crippen molar-refractivity contribution in [3.63, 3.8) is 0 Å². The number of anilines is 1. The summed E-state index contributed by atoms with van der Waals surface area (Å²) in [7, 11) is 0. The van der Waals surface area contributed by atoms with Crippen molar-refractivity contribution in [3.05, 3.63) is 22.6 Å². The summed E-state index contributed by atoms with van der Waals surface area (Å²) in [6.45, 7) is 1.44. The van der Waals surface area contributed by atoms with Gasteiger partial charge in [-0.2, -0.15) is 0 Å². The molecule has 3 N–H and O–H groups in total. The molecular weight excluding hydrogens is 261 g/mol. The highest BCUT2D eigenvalue weighted by atomic mass is 79.9. The molecule has 1 heterocycles. The van der Waals surface area contributed by atoms with Crippen molar-refractivity contribution in [1.82, 2.24) is 4.98 Å². The van der Waals surface area contributed by atoms with Crippen molar-refractivity contribution in [2.24, 2.45) is 5.73 Å². The largest absolute Gasteiger partial charge is 0.368 e. The van der Waals surface area contributed by atoms with Gasteiger partial charge in [0.2, 0.25) is 0 Å². The number of hydrogen-bond acceptors (Lipinski definition) is 3. The number of rotatable bonds is 6. The zero-order valence-corrected chi connectivity index (χ0v) is 10.1. The van der Waals surface area contributed by atoms with Crippen LogP contribution in [0.15, 0.2) is 16.7 Å². The predicted molar refractivity (Wildman–Crippen MR) is 63.3 cm³/mol. The van der Waals surface area contributed by atoms with Gasteiger partial charge in [-0.25, -0.2) is 9.37 Å². The minimum Gasteiger partial charge on any atom is -0.368 e. The number of aromatic nitrogens is 1. The van der Waals surface area contributed by atoms with E-state index in [2.05, 4.69) is 26.2 Å². The fourth-order valence-corrected chi connectivity index (χ4v) is 1.50. The molecule has 0 saturated carbocycles. The molecule has 0 fully saturated rings. The number of nitrogens with two attached hydrogens (primary N) is 1. The minimum absolute atomic E-state index is 0.311. The van der Waals surface area contributed by atoms with E-state index in [-0.39, 0.29) is 5.82 Å². The van der Waals surface area contributed by atoms with Gasteiger partial charge in [-0.3, -0.25) is 0 Å². The highest BCUT2D eigenvalue weighted by Crippen LogP contribution is 2.15. The summed E-state index contributed by atoms with van der Waals surface area (Å²) < 4.78 is 13.9. The van der Waals surface area contributed by atoms with Crippen LogP contribution in [-0.4, -0.2) is 18.1 Å². The van der Waals surface area contributed by atoms with Crippen molar-refractivity contribution in [3.8, 4) is 0 Å². The Morgan fingerprint density at radius 3 is 2.87 bits per heavy atom. The van der Waals surface area contributed by atoms with Gasteiger partial charge in [0.25, 0.3) is 0 Å². The third-order valence-electron chi connectivity index (χ3n) is 1.98. The molecule has 0 atom stereocenters. The Bertz CT molecular complexity index is 307. The van der Waals surface area contributed by atoms with Gasteiger partial charge in [-0.15, -0.1) is 0 Å². The first-order valence-corrected chi connectivity index (χ1v) is 5.78. The van der Waals surface area contributed by atoms with Crippen molar-refractivity contribution in [2.45, 2.75) is 19.3 Å². The molecule has 0 spiro atoms. The Morgan fingerprint density at radius 1 is 1.40 bits per heavy atom. The van der Waals surface area contributed by atoms with E-state index in [4.69, 9.17) is 5.73 Å². The Labute approximate surface area is 97.4 Å². The van der Waals surface area contributed by atoms with Gasteiger partial charge < -0.3 is 11.1 Å². The predicted octanol–water partition coefficient (Wildman–Crippen LogP) is 2.52. The molecule has 0 bridgehead atoms. The molecule has 0 amide bonds. The van der Waals surface area contributed by atoms with Crippen LogP contribution < -0.4 is 11.1 Å². The van der Waals surface area contributed by atoms with Crippen LogP contribution in [0.1, 0.15) is 19.3 Å². The van der Waals surface area contributed by atoms with E-state index in [0.717, 1.165) is 25.8 Å². The Morgan fingerprint density at radius 2 is 2.20 bits per heavy atom. The summed E-state index contributed by atoms with van der Waals surface area (Å²) in [4.78, 5) is 3.94. The maximum atomic E-state index is 13.3. The SMILES string of the molecule is NCCCCCNc1ncc(Br)cc1F. The molecule has 84 valence electrons. The lowest BCUT2D eigenvalue weighted by Crippen LogP contribution is -2.06. The Balaban J connectivity index is 2.31.